The highest BCUT2D eigenvalue weighted by Crippen LogP contribution is 2.51. The van der Waals surface area contributed by atoms with E-state index in [0.29, 0.717) is 104 Å². The summed E-state index contributed by atoms with van der Waals surface area (Å²) in [5.74, 6) is 8.71. The van der Waals surface area contributed by atoms with Crippen molar-refractivity contribution < 1.29 is 75.9 Å². The van der Waals surface area contributed by atoms with Gasteiger partial charge in [0, 0.05) is 0 Å². The third-order valence-electron chi connectivity index (χ3n) is 28.2. The maximum atomic E-state index is 13.1. The first-order valence-electron chi connectivity index (χ1n) is 59.1. The lowest BCUT2D eigenvalue weighted by Gasteiger charge is -2.21. The molecule has 0 fully saturated rings. The monoisotopic (exact) mass is 1990 g/mol. The highest BCUT2D eigenvalue weighted by Gasteiger charge is 2.26. The van der Waals surface area contributed by atoms with Crippen LogP contribution in [-0.4, -0.2) is 104 Å². The summed E-state index contributed by atoms with van der Waals surface area (Å²) in [5.41, 5.74) is 0.878. The number of benzene rings is 9. The molecule has 0 aliphatic rings. The van der Waals surface area contributed by atoms with Crippen LogP contribution >= 0.6 is 0 Å². The molecule has 0 N–H and O–H groups in total. The molecule has 0 heterocycles. The Hall–Kier alpha value is -8.92. The van der Waals surface area contributed by atoms with Crippen molar-refractivity contribution in [1.82, 2.24) is 0 Å². The average Bonchev–Trinajstić information content (AvgIpc) is 0.728. The molecule has 0 unspecified atom stereocenters. The van der Waals surface area contributed by atoms with E-state index in [4.69, 9.17) is 66.3 Å². The Morgan fingerprint density at radius 1 is 0.139 bits per heavy atom. The topological polar surface area (TPSA) is 163 Å². The Kier molecular flexibility index (Phi) is 61.0. The average molecular weight is 1990 g/mol. The molecule has 0 radical (unpaired) electrons. The normalized spacial score (nSPS) is 11.6. The first-order chi connectivity index (χ1) is 71.0. The molecule has 0 atom stereocenters. The zero-order chi connectivity index (χ0) is 102. The van der Waals surface area contributed by atoms with Gasteiger partial charge in [-0.3, -0.25) is 0 Å². The summed E-state index contributed by atoms with van der Waals surface area (Å²) in [6.45, 7) is 30.8. The minimum Gasteiger partial charge on any atom is -0.490 e. The van der Waals surface area contributed by atoms with Gasteiger partial charge >= 0.3 is 11.9 Å². The zero-order valence-electron chi connectivity index (χ0n) is 92.1. The van der Waals surface area contributed by atoms with E-state index >= 15 is 0 Å². The van der Waals surface area contributed by atoms with E-state index in [9.17, 15) is 9.59 Å². The highest BCUT2D eigenvalue weighted by atomic mass is 16.6. The van der Waals surface area contributed by atoms with E-state index in [-0.39, 0.29) is 11.9 Å². The molecule has 0 saturated carbocycles. The lowest BCUT2D eigenvalue weighted by molar-refractivity contribution is 0.0483. The third kappa shape index (κ3) is 42.7. The second-order valence-electron chi connectivity index (χ2n) is 40.8. The molecular weight excluding hydrogens is 1790 g/mol. The Morgan fingerprint density at radius 2 is 0.236 bits per heavy atom. The molecule has 0 aliphatic heterocycles. The van der Waals surface area contributed by atoms with Crippen LogP contribution in [0.4, 0.5) is 0 Å². The van der Waals surface area contributed by atoms with Crippen molar-refractivity contribution in [2.24, 2.45) is 0 Å². The van der Waals surface area contributed by atoms with Gasteiger partial charge in [0.15, 0.2) is 69.0 Å². The Morgan fingerprint density at radius 3 is 0.347 bits per heavy atom. The summed E-state index contributed by atoms with van der Waals surface area (Å²) < 4.78 is 92.8. The third-order valence-corrected chi connectivity index (χ3v) is 28.2. The number of hydrogen-bond acceptors (Lipinski definition) is 16. The Balaban J connectivity index is 0.696. The van der Waals surface area contributed by atoms with Crippen molar-refractivity contribution in [3.05, 3.63) is 108 Å². The summed E-state index contributed by atoms with van der Waals surface area (Å²) in [4.78, 5) is 26.2. The van der Waals surface area contributed by atoms with Gasteiger partial charge in [0.25, 0.3) is 0 Å². The van der Waals surface area contributed by atoms with Crippen LogP contribution in [0.25, 0.3) is 64.6 Å². The van der Waals surface area contributed by atoms with Crippen molar-refractivity contribution in [1.29, 1.82) is 0 Å². The molecule has 16 nitrogen and oxygen atoms in total. The van der Waals surface area contributed by atoms with E-state index in [1.807, 2.05) is 0 Å². The summed E-state index contributed by atoms with van der Waals surface area (Å²) in [6, 6.07) is 33.5. The van der Waals surface area contributed by atoms with Gasteiger partial charge in [0.05, 0.1) is 104 Å². The Bertz CT molecular complexity index is 4570. The molecular formula is C128H194O16. The van der Waals surface area contributed by atoms with Gasteiger partial charge < -0.3 is 66.3 Å². The SMILES string of the molecule is CCCCCCOc1cc2c3cc(OCCCCCC)c(OCCCCCC)cc3c3cc(OCCCCCCCCCCCCOC(=O)c4ccc(C(=O)OCCCCCCCCCCCCOc5cc6c7cc(OCCCCCC)c(OCCCCCC)cc7c7cc(OCCCCCC)c(OCCCCCC)cc7c6cc5OCCCCCC)cc4)c(OCCCCCC)cc3c2cc1OCCCCCC. The molecule has 0 saturated heterocycles. The lowest BCUT2D eigenvalue weighted by atomic mass is 9.93. The van der Waals surface area contributed by atoms with Crippen LogP contribution < -0.4 is 56.8 Å². The number of rotatable bonds is 90. The van der Waals surface area contributed by atoms with Crippen molar-refractivity contribution in [2.45, 2.75) is 454 Å². The van der Waals surface area contributed by atoms with Crippen LogP contribution in [-0.2, 0) is 9.47 Å². The fourth-order valence-corrected chi connectivity index (χ4v) is 19.3. The first-order valence-corrected chi connectivity index (χ1v) is 59.1. The molecule has 9 aromatic carbocycles. The number of fused-ring (bicyclic) bond motifs is 12. The highest BCUT2D eigenvalue weighted by molar-refractivity contribution is 6.28. The standard InChI is InChI=1S/C128H194O16/c1-11-21-31-57-75-131-115-89-103-105-91-117(133-77-59-33-23-13-3)121(137-81-63-37-27-17-7)95-109(105)113-99-125(123(139-83-65-39-29-19-9)97-111(113)107(103)93-119(115)135-79-61-35-25-15-5)141-85-67-53-49-45-41-43-47-51-55-69-87-143-127(129)101-71-73-102(74-72-101)128(130)144-88-70-56-52-48-44-42-46-50-54-68-86-142-126-100-114-110-96-122(138-82-64-38-28-18-8)118(134-78-60-34-24-14-4)92-106(110)104-90-116(132-76-58-32-22-12-2)120(136-80-62-36-26-16-6)94-108(104)112(114)98-124(126)140-84-66-40-30-20-10/h71-74,89-100H,11-70,75-88H2,1-10H3. The molecule has 9 aromatic rings. The maximum absolute atomic E-state index is 13.1. The number of hydrogen-bond donors (Lipinski definition) is 0. The van der Waals surface area contributed by atoms with Crippen molar-refractivity contribution >= 4 is 76.6 Å². The van der Waals surface area contributed by atoms with E-state index in [1.165, 1.54) is 167 Å². The quantitative estimate of drug-likeness (QED) is 0.0201. The second kappa shape index (κ2) is 74.0. The van der Waals surface area contributed by atoms with Gasteiger partial charge in [-0.1, -0.05) is 365 Å². The zero-order valence-corrected chi connectivity index (χ0v) is 92.1. The molecule has 144 heavy (non-hydrogen) atoms. The number of carbonyl (C=O) groups excluding carboxylic acids is 2. The molecule has 0 spiro atoms. The second-order valence-corrected chi connectivity index (χ2v) is 40.8. The summed E-state index contributed by atoms with van der Waals surface area (Å²) in [5, 5.41) is 13.1. The van der Waals surface area contributed by atoms with Crippen molar-refractivity contribution in [2.75, 3.05) is 92.5 Å². The number of carbonyl (C=O) groups is 2. The minimum absolute atomic E-state index is 0.365. The number of ether oxygens (including phenoxy) is 14. The largest absolute Gasteiger partial charge is 0.490 e. The molecule has 0 bridgehead atoms. The summed E-state index contributed by atoms with van der Waals surface area (Å²) in [7, 11) is 0. The predicted molar refractivity (Wildman–Crippen MR) is 605 cm³/mol. The van der Waals surface area contributed by atoms with Crippen LogP contribution in [0.15, 0.2) is 97.1 Å². The Labute approximate surface area is 871 Å². The van der Waals surface area contributed by atoms with Gasteiger partial charge in [0.2, 0.25) is 0 Å². The molecule has 802 valence electrons. The van der Waals surface area contributed by atoms with Gasteiger partial charge in [-0.2, -0.15) is 0 Å². The van der Waals surface area contributed by atoms with Crippen molar-refractivity contribution in [3.63, 3.8) is 0 Å². The fraction of sp³-hybridized carbons (Fsp3) is 0.656. The molecule has 16 heteroatoms. The van der Waals surface area contributed by atoms with Crippen LogP contribution in [0.2, 0.25) is 0 Å². The van der Waals surface area contributed by atoms with E-state index in [0.717, 1.165) is 352 Å². The smallest absolute Gasteiger partial charge is 0.338 e. The lowest BCUT2D eigenvalue weighted by Crippen LogP contribution is -2.09. The van der Waals surface area contributed by atoms with Gasteiger partial charge in [-0.15, -0.1) is 0 Å². The van der Waals surface area contributed by atoms with Crippen LogP contribution in [0.5, 0.6) is 69.0 Å². The van der Waals surface area contributed by atoms with Crippen LogP contribution in [0.3, 0.4) is 0 Å². The predicted octanol–water partition coefficient (Wildman–Crippen LogP) is 38.5. The van der Waals surface area contributed by atoms with E-state index < -0.39 is 0 Å². The van der Waals surface area contributed by atoms with Crippen LogP contribution in [0.1, 0.15) is 475 Å². The maximum Gasteiger partial charge on any atom is 0.338 e. The first kappa shape index (κ1) is 119. The molecule has 0 aromatic heterocycles. The van der Waals surface area contributed by atoms with Gasteiger partial charge in [-0.05, 0) is 252 Å². The van der Waals surface area contributed by atoms with Gasteiger partial charge in [0.1, 0.15) is 0 Å². The summed E-state index contributed by atoms with van der Waals surface area (Å²) in [6.07, 6.45) is 66.7. The fourth-order valence-electron chi connectivity index (χ4n) is 19.3. The van der Waals surface area contributed by atoms with Crippen LogP contribution in [0, 0.1) is 0 Å². The molecule has 0 aliphatic carbocycles. The molecule has 9 rings (SSSR count). The van der Waals surface area contributed by atoms with Crippen molar-refractivity contribution in [3.8, 4) is 69.0 Å². The van der Waals surface area contributed by atoms with E-state index in [2.05, 4.69) is 142 Å². The number of esters is 2. The summed E-state index contributed by atoms with van der Waals surface area (Å²) >= 11 is 0. The minimum atomic E-state index is -0.365. The molecule has 0 amide bonds. The van der Waals surface area contributed by atoms with Gasteiger partial charge in [-0.25, -0.2) is 9.59 Å². The number of unbranched alkanes of at least 4 members (excludes halogenated alkanes) is 48. The van der Waals surface area contributed by atoms with E-state index in [1.54, 1.807) is 24.3 Å².